The fraction of sp³-hybridized carbons (Fsp3) is 0.533. The molecule has 1 aromatic carbocycles. The zero-order valence-corrected chi connectivity index (χ0v) is 12.3. The van der Waals surface area contributed by atoms with Crippen molar-refractivity contribution >= 4 is 17.3 Å². The van der Waals surface area contributed by atoms with E-state index in [1.807, 2.05) is 4.90 Å². The van der Waals surface area contributed by atoms with Gasteiger partial charge in [-0.1, -0.05) is 0 Å². The molecule has 1 fully saturated rings. The molecule has 0 aromatic heterocycles. The lowest BCUT2D eigenvalue weighted by atomic mass is 10.0. The molecule has 2 rings (SSSR count). The van der Waals surface area contributed by atoms with Crippen molar-refractivity contribution in [2.45, 2.75) is 26.4 Å². The van der Waals surface area contributed by atoms with Gasteiger partial charge in [0.25, 0.3) is 0 Å². The van der Waals surface area contributed by atoms with E-state index in [1.165, 1.54) is 6.07 Å². The van der Waals surface area contributed by atoms with Gasteiger partial charge in [-0.15, -0.1) is 0 Å². The molecule has 0 aliphatic carbocycles. The second-order valence-electron chi connectivity index (χ2n) is 5.35. The fourth-order valence-electron chi connectivity index (χ4n) is 2.61. The summed E-state index contributed by atoms with van der Waals surface area (Å²) in [6, 6.07) is 2.59. The highest BCUT2D eigenvalue weighted by Crippen LogP contribution is 2.31. The minimum absolute atomic E-state index is 0.0703. The number of halogens is 1. The number of benzene rings is 1. The molecule has 6 heteroatoms. The molecule has 1 aliphatic rings. The van der Waals surface area contributed by atoms with Crippen molar-refractivity contribution < 1.29 is 19.0 Å². The Morgan fingerprint density at radius 1 is 1.62 bits per heavy atom. The number of esters is 1. The summed E-state index contributed by atoms with van der Waals surface area (Å²) < 4.78 is 19.0. The van der Waals surface area contributed by atoms with E-state index in [-0.39, 0.29) is 23.8 Å². The van der Waals surface area contributed by atoms with Gasteiger partial charge in [0.15, 0.2) is 0 Å². The third kappa shape index (κ3) is 3.26. The maximum Gasteiger partial charge on any atom is 0.340 e. The van der Waals surface area contributed by atoms with Crippen LogP contribution in [0.15, 0.2) is 12.1 Å². The zero-order chi connectivity index (χ0) is 15.6. The summed E-state index contributed by atoms with van der Waals surface area (Å²) in [6.45, 7) is 4.86. The standard InChI is InChI=1S/C15H21FN2O3/c1-3-21-15(20)11-6-14(12(16)7-13(11)17)18-5-4-10(8-18)9(2)19/h6-7,9-10,19H,3-5,8,17H2,1-2H3. The predicted molar refractivity (Wildman–Crippen MR) is 78.8 cm³/mol. The van der Waals surface area contributed by atoms with E-state index < -0.39 is 17.9 Å². The molecule has 21 heavy (non-hydrogen) atoms. The Hall–Kier alpha value is -1.82. The average Bonchev–Trinajstić information content (AvgIpc) is 2.88. The SMILES string of the molecule is CCOC(=O)c1cc(N2CCC(C(C)O)C2)c(F)cc1N. The molecule has 0 saturated carbocycles. The molecule has 3 N–H and O–H groups in total. The van der Waals surface area contributed by atoms with Crippen LogP contribution < -0.4 is 10.6 Å². The lowest BCUT2D eigenvalue weighted by Gasteiger charge is -2.21. The topological polar surface area (TPSA) is 75.8 Å². The van der Waals surface area contributed by atoms with Gasteiger partial charge in [-0.25, -0.2) is 9.18 Å². The predicted octanol–water partition coefficient (Wildman–Crippen LogP) is 1.79. The molecule has 0 amide bonds. The number of hydrogen-bond acceptors (Lipinski definition) is 5. The zero-order valence-electron chi connectivity index (χ0n) is 12.3. The number of nitrogen functional groups attached to an aromatic ring is 1. The summed E-state index contributed by atoms with van der Waals surface area (Å²) in [5.74, 6) is -0.915. The summed E-state index contributed by atoms with van der Waals surface area (Å²) in [5.41, 5.74) is 6.27. The fourth-order valence-corrected chi connectivity index (χ4v) is 2.61. The number of aliphatic hydroxyl groups is 1. The monoisotopic (exact) mass is 296 g/mol. The summed E-state index contributed by atoms with van der Waals surface area (Å²) in [6.07, 6.45) is 0.354. The number of aliphatic hydroxyl groups excluding tert-OH is 1. The highest BCUT2D eigenvalue weighted by atomic mass is 19.1. The molecule has 1 heterocycles. The largest absolute Gasteiger partial charge is 0.462 e. The number of nitrogens with zero attached hydrogens (tertiary/aromatic N) is 1. The van der Waals surface area contributed by atoms with Gasteiger partial charge in [-0.3, -0.25) is 0 Å². The smallest absolute Gasteiger partial charge is 0.340 e. The number of hydrogen-bond donors (Lipinski definition) is 2. The maximum absolute atomic E-state index is 14.1. The van der Waals surface area contributed by atoms with E-state index in [4.69, 9.17) is 10.5 Å². The number of carbonyl (C=O) groups excluding carboxylic acids is 1. The highest BCUT2D eigenvalue weighted by molar-refractivity contribution is 5.96. The molecule has 1 saturated heterocycles. The number of nitrogens with two attached hydrogens (primary N) is 1. The van der Waals surface area contributed by atoms with Crippen LogP contribution in [0.2, 0.25) is 0 Å². The van der Waals surface area contributed by atoms with Crippen molar-refractivity contribution in [2.75, 3.05) is 30.3 Å². The van der Waals surface area contributed by atoms with Crippen LogP contribution in [-0.2, 0) is 4.74 Å². The molecule has 2 atom stereocenters. The minimum atomic E-state index is -0.553. The van der Waals surface area contributed by atoms with Crippen LogP contribution >= 0.6 is 0 Å². The molecule has 116 valence electrons. The Kier molecular flexibility index (Phi) is 4.67. The van der Waals surface area contributed by atoms with Gasteiger partial charge < -0.3 is 20.5 Å². The van der Waals surface area contributed by atoms with Crippen molar-refractivity contribution in [1.29, 1.82) is 0 Å². The number of anilines is 2. The summed E-state index contributed by atoms with van der Waals surface area (Å²) in [7, 11) is 0. The van der Waals surface area contributed by atoms with E-state index >= 15 is 0 Å². The molecule has 0 radical (unpaired) electrons. The molecule has 0 spiro atoms. The number of carbonyl (C=O) groups is 1. The maximum atomic E-state index is 14.1. The molecule has 1 aliphatic heterocycles. The van der Waals surface area contributed by atoms with Crippen molar-refractivity contribution in [3.8, 4) is 0 Å². The quantitative estimate of drug-likeness (QED) is 0.654. The van der Waals surface area contributed by atoms with E-state index in [0.717, 1.165) is 12.5 Å². The van der Waals surface area contributed by atoms with E-state index in [2.05, 4.69) is 0 Å². The average molecular weight is 296 g/mol. The van der Waals surface area contributed by atoms with Crippen molar-refractivity contribution in [3.05, 3.63) is 23.5 Å². The summed E-state index contributed by atoms with van der Waals surface area (Å²) in [4.78, 5) is 13.7. The Balaban J connectivity index is 2.28. The van der Waals surface area contributed by atoms with Gasteiger partial charge in [0.1, 0.15) is 5.82 Å². The van der Waals surface area contributed by atoms with Crippen LogP contribution in [0.25, 0.3) is 0 Å². The first-order chi connectivity index (χ1) is 9.93. The third-order valence-electron chi connectivity index (χ3n) is 3.86. The van der Waals surface area contributed by atoms with Gasteiger partial charge in [-0.05, 0) is 32.4 Å². The Morgan fingerprint density at radius 2 is 2.33 bits per heavy atom. The molecular weight excluding hydrogens is 275 g/mol. The second-order valence-corrected chi connectivity index (χ2v) is 5.35. The Morgan fingerprint density at radius 3 is 2.90 bits per heavy atom. The van der Waals surface area contributed by atoms with E-state index in [0.29, 0.717) is 18.8 Å². The van der Waals surface area contributed by atoms with Crippen molar-refractivity contribution in [2.24, 2.45) is 5.92 Å². The van der Waals surface area contributed by atoms with Crippen molar-refractivity contribution in [3.63, 3.8) is 0 Å². The van der Waals surface area contributed by atoms with E-state index in [9.17, 15) is 14.3 Å². The molecule has 5 nitrogen and oxygen atoms in total. The molecule has 1 aromatic rings. The summed E-state index contributed by atoms with van der Waals surface area (Å²) >= 11 is 0. The minimum Gasteiger partial charge on any atom is -0.462 e. The lowest BCUT2D eigenvalue weighted by Crippen LogP contribution is -2.25. The van der Waals surface area contributed by atoms with Crippen LogP contribution in [-0.4, -0.2) is 36.9 Å². The normalized spacial score (nSPS) is 19.6. The van der Waals surface area contributed by atoms with Gasteiger partial charge >= 0.3 is 5.97 Å². The molecular formula is C15H21FN2O3. The van der Waals surface area contributed by atoms with Gasteiger partial charge in [0.2, 0.25) is 0 Å². The highest BCUT2D eigenvalue weighted by Gasteiger charge is 2.28. The molecule has 2 unspecified atom stereocenters. The first-order valence-electron chi connectivity index (χ1n) is 7.13. The van der Waals surface area contributed by atoms with Crippen LogP contribution in [0, 0.1) is 11.7 Å². The van der Waals surface area contributed by atoms with E-state index in [1.54, 1.807) is 13.8 Å². The first kappa shape index (κ1) is 15.6. The van der Waals surface area contributed by atoms with Crippen LogP contribution in [0.3, 0.4) is 0 Å². The van der Waals surface area contributed by atoms with Gasteiger partial charge in [0, 0.05) is 24.7 Å². The number of ether oxygens (including phenoxy) is 1. The first-order valence-corrected chi connectivity index (χ1v) is 7.13. The number of rotatable bonds is 4. The van der Waals surface area contributed by atoms with Crippen LogP contribution in [0.5, 0.6) is 0 Å². The van der Waals surface area contributed by atoms with Gasteiger partial charge in [0.05, 0.1) is 24.0 Å². The molecule has 0 bridgehead atoms. The lowest BCUT2D eigenvalue weighted by molar-refractivity contribution is 0.0527. The second kappa shape index (κ2) is 6.30. The van der Waals surface area contributed by atoms with Crippen molar-refractivity contribution in [1.82, 2.24) is 0 Å². The van der Waals surface area contributed by atoms with Crippen LogP contribution in [0.4, 0.5) is 15.8 Å². The Bertz CT molecular complexity index is 534. The third-order valence-corrected chi connectivity index (χ3v) is 3.86. The Labute approximate surface area is 123 Å². The summed E-state index contributed by atoms with van der Waals surface area (Å²) in [5, 5.41) is 9.63. The van der Waals surface area contributed by atoms with Crippen LogP contribution in [0.1, 0.15) is 30.6 Å². The van der Waals surface area contributed by atoms with Gasteiger partial charge in [-0.2, -0.15) is 0 Å².